The summed E-state index contributed by atoms with van der Waals surface area (Å²) >= 11 is 6.03. The highest BCUT2D eigenvalue weighted by atomic mass is 35.5. The molecule has 0 unspecified atom stereocenters. The third-order valence-corrected chi connectivity index (χ3v) is 2.68. The molecular formula is C12H14ClNO4. The fourth-order valence-corrected chi connectivity index (χ4v) is 1.81. The van der Waals surface area contributed by atoms with E-state index in [0.29, 0.717) is 22.0 Å². The first-order chi connectivity index (χ1) is 8.45. The number of carboxylic acids is 1. The zero-order valence-electron chi connectivity index (χ0n) is 10.1. The van der Waals surface area contributed by atoms with Crippen molar-refractivity contribution in [3.05, 3.63) is 22.7 Å². The van der Waals surface area contributed by atoms with Crippen molar-refractivity contribution in [2.45, 2.75) is 19.8 Å². The van der Waals surface area contributed by atoms with E-state index in [0.717, 1.165) is 0 Å². The largest absolute Gasteiger partial charge is 0.495 e. The summed E-state index contributed by atoms with van der Waals surface area (Å²) in [5.74, 6) is -0.746. The van der Waals surface area contributed by atoms with Crippen LogP contribution in [0.1, 0.15) is 18.9 Å². The number of nitrogens with one attached hydrogen (secondary N) is 1. The number of carbonyl (C=O) groups excluding carboxylic acids is 1. The van der Waals surface area contributed by atoms with Crippen molar-refractivity contribution in [3.8, 4) is 5.75 Å². The van der Waals surface area contributed by atoms with E-state index in [2.05, 4.69) is 5.32 Å². The van der Waals surface area contributed by atoms with Gasteiger partial charge in [0.1, 0.15) is 5.75 Å². The summed E-state index contributed by atoms with van der Waals surface area (Å²) in [6, 6.07) is 3.24. The van der Waals surface area contributed by atoms with Crippen molar-refractivity contribution in [1.29, 1.82) is 0 Å². The minimum atomic E-state index is -0.928. The number of halogens is 1. The first-order valence-electron chi connectivity index (χ1n) is 5.30. The van der Waals surface area contributed by atoms with Gasteiger partial charge in [0.05, 0.1) is 12.8 Å². The predicted molar refractivity (Wildman–Crippen MR) is 68.3 cm³/mol. The van der Waals surface area contributed by atoms with Crippen LogP contribution < -0.4 is 10.1 Å². The van der Waals surface area contributed by atoms with Crippen molar-refractivity contribution in [1.82, 2.24) is 0 Å². The second-order valence-corrected chi connectivity index (χ2v) is 4.09. The molecule has 1 aromatic rings. The molecule has 2 N–H and O–H groups in total. The summed E-state index contributed by atoms with van der Waals surface area (Å²) in [4.78, 5) is 21.8. The molecule has 0 aliphatic heterocycles. The number of benzene rings is 1. The summed E-state index contributed by atoms with van der Waals surface area (Å²) in [5.41, 5.74) is 0.993. The number of hydrogen-bond acceptors (Lipinski definition) is 3. The van der Waals surface area contributed by atoms with Crippen LogP contribution in [-0.2, 0) is 16.0 Å². The highest BCUT2D eigenvalue weighted by Crippen LogP contribution is 2.34. The van der Waals surface area contributed by atoms with Gasteiger partial charge in [0.2, 0.25) is 5.91 Å². The average molecular weight is 272 g/mol. The van der Waals surface area contributed by atoms with Crippen LogP contribution in [-0.4, -0.2) is 24.1 Å². The van der Waals surface area contributed by atoms with Crippen LogP contribution in [0.25, 0.3) is 0 Å². The summed E-state index contributed by atoms with van der Waals surface area (Å²) < 4.78 is 5.13. The minimum Gasteiger partial charge on any atom is -0.495 e. The molecule has 0 fully saturated rings. The molecule has 0 aliphatic rings. The second-order valence-electron chi connectivity index (χ2n) is 3.68. The van der Waals surface area contributed by atoms with Crippen molar-refractivity contribution in [3.63, 3.8) is 0 Å². The Bertz CT molecular complexity index is 473. The Labute approximate surface area is 110 Å². The molecule has 1 rings (SSSR count). The molecule has 98 valence electrons. The van der Waals surface area contributed by atoms with Crippen LogP contribution in [0, 0.1) is 0 Å². The van der Waals surface area contributed by atoms with E-state index in [9.17, 15) is 9.59 Å². The third kappa shape index (κ3) is 3.63. The number of methoxy groups -OCH3 is 1. The lowest BCUT2D eigenvalue weighted by molar-refractivity contribution is -0.136. The summed E-state index contributed by atoms with van der Waals surface area (Å²) in [6.07, 6.45) is 0.153. The van der Waals surface area contributed by atoms with Gasteiger partial charge in [-0.05, 0) is 24.1 Å². The third-order valence-electron chi connectivity index (χ3n) is 2.33. The van der Waals surface area contributed by atoms with Gasteiger partial charge in [-0.3, -0.25) is 9.59 Å². The van der Waals surface area contributed by atoms with Crippen LogP contribution in [0.15, 0.2) is 12.1 Å². The summed E-state index contributed by atoms with van der Waals surface area (Å²) in [7, 11) is 1.47. The van der Waals surface area contributed by atoms with Gasteiger partial charge in [0.25, 0.3) is 0 Å². The summed E-state index contributed by atoms with van der Waals surface area (Å²) in [6.45, 7) is 1.36. The van der Waals surface area contributed by atoms with Crippen LogP contribution in [0.3, 0.4) is 0 Å². The summed E-state index contributed by atoms with van der Waals surface area (Å²) in [5, 5.41) is 11.7. The molecular weight excluding hydrogens is 258 g/mol. The number of hydrogen-bond donors (Lipinski definition) is 2. The minimum absolute atomic E-state index is 0.0700. The average Bonchev–Trinajstić information content (AvgIpc) is 2.27. The molecule has 0 bridgehead atoms. The zero-order valence-corrected chi connectivity index (χ0v) is 10.9. The van der Waals surface area contributed by atoms with E-state index < -0.39 is 5.97 Å². The van der Waals surface area contributed by atoms with Crippen LogP contribution in [0.5, 0.6) is 5.75 Å². The number of ether oxygens (including phenoxy) is 1. The highest BCUT2D eigenvalue weighted by Gasteiger charge is 2.15. The Morgan fingerprint density at radius 3 is 2.61 bits per heavy atom. The molecule has 0 radical (unpaired) electrons. The van der Waals surface area contributed by atoms with E-state index in [1.165, 1.54) is 14.0 Å². The first kappa shape index (κ1) is 14.3. The number of anilines is 1. The normalized spacial score (nSPS) is 9.94. The molecule has 0 aromatic heterocycles. The van der Waals surface area contributed by atoms with Gasteiger partial charge in [0.15, 0.2) is 0 Å². The Balaban J connectivity index is 3.17. The lowest BCUT2D eigenvalue weighted by Gasteiger charge is -2.15. The molecule has 0 aliphatic carbocycles. The quantitative estimate of drug-likeness (QED) is 0.862. The van der Waals surface area contributed by atoms with Gasteiger partial charge in [-0.25, -0.2) is 0 Å². The Hall–Kier alpha value is -1.75. The van der Waals surface area contributed by atoms with Gasteiger partial charge in [0, 0.05) is 18.4 Å². The first-order valence-corrected chi connectivity index (χ1v) is 5.68. The van der Waals surface area contributed by atoms with E-state index >= 15 is 0 Å². The standard InChI is InChI=1S/C12H14ClNO4/c1-7(15)14-12-8(3-6-11(16)17)9(13)4-5-10(12)18-2/h4-5H,3,6H2,1-2H3,(H,14,15)(H,16,17). The molecule has 18 heavy (non-hydrogen) atoms. The van der Waals surface area contributed by atoms with E-state index in [1.807, 2.05) is 0 Å². The van der Waals surface area contributed by atoms with Crippen LogP contribution in [0.4, 0.5) is 5.69 Å². The molecule has 0 saturated heterocycles. The predicted octanol–water partition coefficient (Wildman–Crippen LogP) is 2.32. The maximum absolute atomic E-state index is 11.2. The molecule has 6 heteroatoms. The van der Waals surface area contributed by atoms with Crippen molar-refractivity contribution >= 4 is 29.2 Å². The maximum Gasteiger partial charge on any atom is 0.303 e. The smallest absolute Gasteiger partial charge is 0.303 e. The van der Waals surface area contributed by atoms with Crippen LogP contribution >= 0.6 is 11.6 Å². The molecule has 0 saturated carbocycles. The van der Waals surface area contributed by atoms with Gasteiger partial charge in [-0.1, -0.05) is 11.6 Å². The molecule has 0 heterocycles. The molecule has 5 nitrogen and oxygen atoms in total. The number of rotatable bonds is 5. The number of amides is 1. The van der Waals surface area contributed by atoms with Gasteiger partial charge >= 0.3 is 5.97 Å². The van der Waals surface area contributed by atoms with E-state index in [4.69, 9.17) is 21.4 Å². The number of aliphatic carboxylic acids is 1. The van der Waals surface area contributed by atoms with Crippen LogP contribution in [0.2, 0.25) is 5.02 Å². The van der Waals surface area contributed by atoms with E-state index in [1.54, 1.807) is 12.1 Å². The fraction of sp³-hybridized carbons (Fsp3) is 0.333. The van der Waals surface area contributed by atoms with Crippen molar-refractivity contribution in [2.75, 3.05) is 12.4 Å². The Morgan fingerprint density at radius 2 is 2.11 bits per heavy atom. The van der Waals surface area contributed by atoms with Gasteiger partial charge < -0.3 is 15.2 Å². The fourth-order valence-electron chi connectivity index (χ4n) is 1.56. The van der Waals surface area contributed by atoms with Crippen molar-refractivity contribution < 1.29 is 19.4 Å². The number of carboxylic acid groups (broad SMARTS) is 1. The Kier molecular flexibility index (Phi) is 4.97. The lowest BCUT2D eigenvalue weighted by atomic mass is 10.1. The molecule has 0 atom stereocenters. The molecule has 0 spiro atoms. The second kappa shape index (κ2) is 6.26. The van der Waals surface area contributed by atoms with Gasteiger partial charge in [-0.2, -0.15) is 0 Å². The maximum atomic E-state index is 11.2. The highest BCUT2D eigenvalue weighted by molar-refractivity contribution is 6.32. The SMILES string of the molecule is COc1ccc(Cl)c(CCC(=O)O)c1NC(C)=O. The molecule has 1 aromatic carbocycles. The van der Waals surface area contributed by atoms with Gasteiger partial charge in [-0.15, -0.1) is 0 Å². The monoisotopic (exact) mass is 271 g/mol. The lowest BCUT2D eigenvalue weighted by Crippen LogP contribution is -2.11. The number of carbonyl (C=O) groups is 2. The van der Waals surface area contributed by atoms with E-state index in [-0.39, 0.29) is 18.7 Å². The Morgan fingerprint density at radius 1 is 1.44 bits per heavy atom. The zero-order chi connectivity index (χ0) is 13.7. The van der Waals surface area contributed by atoms with Crippen molar-refractivity contribution in [2.24, 2.45) is 0 Å². The molecule has 1 amide bonds. The topological polar surface area (TPSA) is 75.6 Å².